The summed E-state index contributed by atoms with van der Waals surface area (Å²) in [6, 6.07) is -5.02. The summed E-state index contributed by atoms with van der Waals surface area (Å²) >= 11 is 0. The highest BCUT2D eigenvalue weighted by molar-refractivity contribution is 6.01. The topological polar surface area (TPSA) is 505 Å². The maximum absolute atomic E-state index is 15.2. The lowest BCUT2D eigenvalue weighted by atomic mass is 9.98. The Hall–Kier alpha value is -9.01. The van der Waals surface area contributed by atoms with Gasteiger partial charge in [-0.2, -0.15) is 0 Å². The SMILES string of the molecule is CC(C)C[C@@H]1NC(=O)[C@H](CCCCN)NC(=O)[C@H](C(C)C)NC(=O)[C@H](CCCCN)NC(=O)[C@H](CC(C)C)NC(=O)[C@@H]2CCCN2C(=O)[C@@H](Cc2ccc(O)cc2)NC(=O)[C@H](C(C)C)NC(=O)[C@H](CCCCN)NC(=O)[C@H](CCCCN)NC(=O)[C@H](C(C)C)NC(=O)[C@@H]2CCCN2C(=O)[C@@H](Cc2ccc(O)cc2)NC1=O. The second kappa shape index (κ2) is 46.7. The third-order valence-corrected chi connectivity index (χ3v) is 20.4. The number of fused-ring (bicyclic) bond motifs is 2. The zero-order valence-corrected chi connectivity index (χ0v) is 66.8. The minimum absolute atomic E-state index is 0.0281. The molecule has 620 valence electrons. The van der Waals surface area contributed by atoms with Crippen LogP contribution in [0.25, 0.3) is 0 Å². The average Bonchev–Trinajstić information content (AvgIpc) is 1.75. The first-order valence-corrected chi connectivity index (χ1v) is 40.0. The van der Waals surface area contributed by atoms with E-state index in [2.05, 4.69) is 58.5 Å². The van der Waals surface area contributed by atoms with Gasteiger partial charge in [-0.05, 0) is 207 Å². The smallest absolute Gasteiger partial charge is 0.246 e. The second-order valence-corrected chi connectivity index (χ2v) is 31.7. The van der Waals surface area contributed by atoms with E-state index >= 15 is 9.59 Å². The van der Waals surface area contributed by atoms with Crippen molar-refractivity contribution in [1.82, 2.24) is 68.3 Å². The number of nitrogens with one attached hydrogen (secondary N) is 11. The molecule has 3 fully saturated rings. The molecule has 0 radical (unpaired) electrons. The highest BCUT2D eigenvalue weighted by Gasteiger charge is 2.44. The number of phenolic OH excluding ortho intramolecular Hbond substituents is 2. The van der Waals surface area contributed by atoms with Crippen molar-refractivity contribution >= 4 is 76.8 Å². The highest BCUT2D eigenvalue weighted by atomic mass is 16.3. The minimum Gasteiger partial charge on any atom is -0.508 e. The summed E-state index contributed by atoms with van der Waals surface area (Å²) in [5, 5.41) is 51.7. The van der Waals surface area contributed by atoms with Crippen LogP contribution in [0.3, 0.4) is 0 Å². The number of amides is 13. The molecule has 0 aliphatic carbocycles. The molecule has 32 nitrogen and oxygen atoms in total. The first-order chi connectivity index (χ1) is 52.7. The number of carbonyl (C=O) groups excluding carboxylic acids is 13. The van der Waals surface area contributed by atoms with E-state index in [4.69, 9.17) is 22.9 Å². The summed E-state index contributed by atoms with van der Waals surface area (Å²) in [7, 11) is 0. The van der Waals surface area contributed by atoms with E-state index in [0.717, 1.165) is 0 Å². The van der Waals surface area contributed by atoms with Gasteiger partial charge < -0.3 is 101 Å². The van der Waals surface area contributed by atoms with E-state index in [9.17, 15) is 63.0 Å². The Morgan fingerprint density at radius 3 is 0.865 bits per heavy atom. The van der Waals surface area contributed by atoms with E-state index in [0.29, 0.717) is 75.3 Å². The Balaban J connectivity index is 1.65. The van der Waals surface area contributed by atoms with Crippen molar-refractivity contribution in [2.75, 3.05) is 39.3 Å². The standard InChI is InChI=1S/C79H129N17O15/c1-45(2)41-58-72(104)90-60(43-50-27-31-52(97)32-28-50)78(110)96-40-20-26-63(96)74(106)94-66(49(9)10)76(108)86-54(21-11-15-35-80)67(99)84-56(23-13-17-37-82)69(101)93-65(48(7)8)77(109)91-61(44-51-29-33-53(98)34-30-51)79(111)95-39-19-25-62(95)73(105)89-59(42-46(3)4)71(103)85-57(24-14-18-38-83)70(102)92-64(47(5)6)75(107)87-55(68(100)88-58)22-12-16-36-81/h27-34,45-49,54-66,97-98H,11-26,35-44,80-83H2,1-10H3,(H,84,99)(H,85,103)(H,86,108)(H,87,107)(H,88,100)(H,89,105)(H,90,104)(H,91,109)(H,92,102)(H,93,101)(H,94,106)/t54-,55-,56-,57-,58-,59-,60+,61+,62-,63-,64-,65-,66-/m0/s1. The molecule has 111 heavy (non-hydrogen) atoms. The summed E-state index contributed by atoms with van der Waals surface area (Å²) in [5.41, 5.74) is 24.7. The molecule has 0 aromatic heterocycles. The van der Waals surface area contributed by atoms with Crippen molar-refractivity contribution in [3.8, 4) is 11.5 Å². The minimum atomic E-state index is -1.39. The third-order valence-electron chi connectivity index (χ3n) is 20.4. The molecule has 3 saturated heterocycles. The van der Waals surface area contributed by atoms with Crippen LogP contribution in [0.1, 0.15) is 196 Å². The normalized spacial score (nSPS) is 25.6. The molecular weight excluding hydrogens is 1430 g/mol. The van der Waals surface area contributed by atoms with Crippen molar-refractivity contribution in [3.05, 3.63) is 59.7 Å². The molecule has 3 aliphatic rings. The molecule has 2 aromatic carbocycles. The molecule has 32 heteroatoms. The van der Waals surface area contributed by atoms with Crippen molar-refractivity contribution in [2.45, 2.75) is 276 Å². The van der Waals surface area contributed by atoms with Crippen LogP contribution in [0.2, 0.25) is 0 Å². The van der Waals surface area contributed by atoms with Gasteiger partial charge in [0.15, 0.2) is 0 Å². The lowest BCUT2D eigenvalue weighted by molar-refractivity contribution is -0.143. The lowest BCUT2D eigenvalue weighted by Crippen LogP contribution is -2.61. The predicted octanol–water partition coefficient (Wildman–Crippen LogP) is 0.788. The zero-order chi connectivity index (χ0) is 82.2. The van der Waals surface area contributed by atoms with Gasteiger partial charge in [0.1, 0.15) is 90.0 Å². The molecule has 3 heterocycles. The largest absolute Gasteiger partial charge is 0.508 e. The monoisotopic (exact) mass is 1560 g/mol. The molecule has 5 rings (SSSR count). The Morgan fingerprint density at radius 2 is 0.568 bits per heavy atom. The van der Waals surface area contributed by atoms with E-state index in [1.54, 1.807) is 65.8 Å². The molecule has 0 spiro atoms. The van der Waals surface area contributed by atoms with Crippen LogP contribution in [0.15, 0.2) is 48.5 Å². The number of carbonyl (C=O) groups is 13. The predicted molar refractivity (Wildman–Crippen MR) is 419 cm³/mol. The summed E-state index contributed by atoms with van der Waals surface area (Å²) in [4.78, 5) is 196. The second-order valence-electron chi connectivity index (χ2n) is 31.7. The van der Waals surface area contributed by atoms with E-state index in [-0.39, 0.29) is 127 Å². The van der Waals surface area contributed by atoms with Crippen LogP contribution < -0.4 is 81.4 Å². The third kappa shape index (κ3) is 29.6. The van der Waals surface area contributed by atoms with Crippen LogP contribution in [0.5, 0.6) is 11.5 Å². The van der Waals surface area contributed by atoms with Crippen LogP contribution in [-0.4, -0.2) is 215 Å². The van der Waals surface area contributed by atoms with Crippen molar-refractivity contribution in [3.63, 3.8) is 0 Å². The van der Waals surface area contributed by atoms with Crippen molar-refractivity contribution in [1.29, 1.82) is 0 Å². The maximum atomic E-state index is 15.2. The van der Waals surface area contributed by atoms with E-state index in [1.165, 1.54) is 34.1 Å². The van der Waals surface area contributed by atoms with Crippen LogP contribution >= 0.6 is 0 Å². The summed E-state index contributed by atoms with van der Waals surface area (Å²) in [5.74, 6) is -12.2. The quantitative estimate of drug-likeness (QED) is 0.0550. The number of nitrogens with zero attached hydrogens (tertiary/aromatic N) is 2. The van der Waals surface area contributed by atoms with Gasteiger partial charge in [-0.25, -0.2) is 0 Å². The molecular formula is C79H129N17O15. The zero-order valence-electron chi connectivity index (χ0n) is 66.8. The molecule has 0 unspecified atom stereocenters. The Morgan fingerprint density at radius 1 is 0.324 bits per heavy atom. The molecule has 2 aromatic rings. The summed E-state index contributed by atoms with van der Waals surface area (Å²) in [6.07, 6.45) is 4.06. The fourth-order valence-electron chi connectivity index (χ4n) is 14.1. The van der Waals surface area contributed by atoms with Gasteiger partial charge in [0.2, 0.25) is 76.8 Å². The Bertz CT molecular complexity index is 3400. The van der Waals surface area contributed by atoms with Crippen LogP contribution in [0, 0.1) is 29.6 Å². The van der Waals surface area contributed by atoms with Gasteiger partial charge in [0, 0.05) is 25.9 Å². The molecule has 13 amide bonds. The fourth-order valence-corrected chi connectivity index (χ4v) is 14.1. The summed E-state index contributed by atoms with van der Waals surface area (Å²) in [6.45, 7) is 18.4. The molecule has 0 saturated carbocycles. The maximum Gasteiger partial charge on any atom is 0.246 e. The van der Waals surface area contributed by atoms with Gasteiger partial charge in [-0.1, -0.05) is 93.5 Å². The van der Waals surface area contributed by atoms with Gasteiger partial charge in [-0.3, -0.25) is 62.3 Å². The van der Waals surface area contributed by atoms with Crippen molar-refractivity contribution in [2.24, 2.45) is 52.5 Å². The lowest BCUT2D eigenvalue weighted by Gasteiger charge is -2.32. The fraction of sp³-hybridized carbons (Fsp3) is 0.684. The van der Waals surface area contributed by atoms with Gasteiger partial charge in [-0.15, -0.1) is 0 Å². The Kier molecular flexibility index (Phi) is 39.0. The Labute approximate surface area is 654 Å². The van der Waals surface area contributed by atoms with Gasteiger partial charge >= 0.3 is 0 Å². The van der Waals surface area contributed by atoms with E-state index in [1.807, 2.05) is 27.7 Å². The molecule has 0 bridgehead atoms. The molecule has 3 aliphatic heterocycles. The van der Waals surface area contributed by atoms with Crippen LogP contribution in [0.4, 0.5) is 0 Å². The number of benzene rings is 2. The first-order valence-electron chi connectivity index (χ1n) is 40.0. The first kappa shape index (κ1) is 92.6. The van der Waals surface area contributed by atoms with Crippen molar-refractivity contribution < 1.29 is 72.5 Å². The number of rotatable bonds is 27. The van der Waals surface area contributed by atoms with Crippen LogP contribution in [-0.2, 0) is 75.2 Å². The van der Waals surface area contributed by atoms with Gasteiger partial charge in [0.25, 0.3) is 0 Å². The summed E-state index contributed by atoms with van der Waals surface area (Å²) < 4.78 is 0. The molecule has 21 N–H and O–H groups in total. The highest BCUT2D eigenvalue weighted by Crippen LogP contribution is 2.25. The number of nitrogens with two attached hydrogens (primary N) is 4. The number of aromatic hydroxyl groups is 2. The number of phenols is 2. The number of hydrogen-bond acceptors (Lipinski definition) is 19. The van der Waals surface area contributed by atoms with Gasteiger partial charge in [0.05, 0.1) is 0 Å². The average molecular weight is 1560 g/mol. The number of hydrogen-bond donors (Lipinski definition) is 17. The molecule has 13 atom stereocenters. The van der Waals surface area contributed by atoms with E-state index < -0.39 is 173 Å². The number of unbranched alkanes of at least 4 members (excludes halogenated alkanes) is 4.